The molecule has 0 spiro atoms. The number of nitrogens with zero attached hydrogens (tertiary/aromatic N) is 2. The van der Waals surface area contributed by atoms with Gasteiger partial charge < -0.3 is 5.73 Å². The van der Waals surface area contributed by atoms with Gasteiger partial charge in [-0.1, -0.05) is 18.2 Å². The van der Waals surface area contributed by atoms with E-state index in [0.29, 0.717) is 0 Å². The van der Waals surface area contributed by atoms with Crippen molar-refractivity contribution < 1.29 is 0 Å². The fourth-order valence-electron chi connectivity index (χ4n) is 2.48. The van der Waals surface area contributed by atoms with Crippen LogP contribution in [-0.2, 0) is 6.54 Å². The van der Waals surface area contributed by atoms with Crippen LogP contribution in [0, 0.1) is 0 Å². The highest BCUT2D eigenvalue weighted by Gasteiger charge is 2.37. The van der Waals surface area contributed by atoms with Crippen LogP contribution in [0.4, 0.5) is 0 Å². The molecule has 4 nitrogen and oxygen atoms in total. The first kappa shape index (κ1) is 14.4. The summed E-state index contributed by atoms with van der Waals surface area (Å²) in [4.78, 5) is 3.92. The van der Waals surface area contributed by atoms with E-state index < -0.39 is 0 Å². The van der Waals surface area contributed by atoms with E-state index in [9.17, 15) is 0 Å². The molecule has 2 aliphatic rings. The van der Waals surface area contributed by atoms with Gasteiger partial charge in [0, 0.05) is 42.9 Å². The fraction of sp³-hybridized carbons (Fsp3) is 0.600. The SMILES string of the molecule is CN(CN1CCSc2ccccc2C1)NCC1(N)CC1. The Morgan fingerprint density at radius 2 is 2.20 bits per heavy atom. The Balaban J connectivity index is 1.52. The van der Waals surface area contributed by atoms with Crippen molar-refractivity contribution in [3.8, 4) is 0 Å². The van der Waals surface area contributed by atoms with Crippen molar-refractivity contribution in [1.82, 2.24) is 15.3 Å². The first-order valence-corrected chi connectivity index (χ1v) is 8.30. The summed E-state index contributed by atoms with van der Waals surface area (Å²) in [6.07, 6.45) is 2.31. The molecule has 1 fully saturated rings. The van der Waals surface area contributed by atoms with Gasteiger partial charge in [-0.25, -0.2) is 5.01 Å². The summed E-state index contributed by atoms with van der Waals surface area (Å²) in [6.45, 7) is 3.98. The number of hydrogen-bond acceptors (Lipinski definition) is 5. The van der Waals surface area contributed by atoms with Crippen LogP contribution in [0.2, 0.25) is 0 Å². The predicted molar refractivity (Wildman–Crippen MR) is 84.4 cm³/mol. The molecule has 0 amide bonds. The summed E-state index contributed by atoms with van der Waals surface area (Å²) in [5.41, 5.74) is 11.1. The van der Waals surface area contributed by atoms with Gasteiger partial charge in [0.05, 0.1) is 6.67 Å². The number of fused-ring (bicyclic) bond motifs is 1. The molecule has 1 aromatic carbocycles. The van der Waals surface area contributed by atoms with E-state index >= 15 is 0 Å². The second-order valence-electron chi connectivity index (χ2n) is 6.05. The molecule has 1 aromatic rings. The first-order valence-electron chi connectivity index (χ1n) is 7.31. The quantitative estimate of drug-likeness (QED) is 0.805. The highest BCUT2D eigenvalue weighted by Crippen LogP contribution is 2.31. The molecule has 3 rings (SSSR count). The summed E-state index contributed by atoms with van der Waals surface area (Å²) in [5, 5.41) is 2.17. The third-order valence-electron chi connectivity index (χ3n) is 4.04. The number of nitrogens with one attached hydrogen (secondary N) is 1. The maximum absolute atomic E-state index is 6.11. The number of rotatable bonds is 5. The molecule has 1 saturated carbocycles. The van der Waals surface area contributed by atoms with Crippen LogP contribution in [0.25, 0.3) is 0 Å². The van der Waals surface area contributed by atoms with Crippen LogP contribution in [0.3, 0.4) is 0 Å². The molecule has 0 saturated heterocycles. The largest absolute Gasteiger partial charge is 0.324 e. The number of hydrogen-bond donors (Lipinski definition) is 2. The van der Waals surface area contributed by atoms with E-state index in [1.54, 1.807) is 0 Å². The van der Waals surface area contributed by atoms with Crippen molar-refractivity contribution >= 4 is 11.8 Å². The van der Waals surface area contributed by atoms with E-state index in [0.717, 1.165) is 44.9 Å². The molecule has 110 valence electrons. The average Bonchev–Trinajstić information content (AvgIpc) is 3.19. The number of nitrogens with two attached hydrogens (primary N) is 1. The maximum Gasteiger partial charge on any atom is 0.0645 e. The predicted octanol–water partition coefficient (Wildman–Crippen LogP) is 1.48. The lowest BCUT2D eigenvalue weighted by Gasteiger charge is -2.28. The van der Waals surface area contributed by atoms with Crippen LogP contribution in [0.15, 0.2) is 29.2 Å². The van der Waals surface area contributed by atoms with Crippen LogP contribution >= 0.6 is 11.8 Å². The standard InChI is InChI=1S/C15H24N4S/c1-18(17-11-15(16)6-7-15)12-19-8-9-20-14-5-3-2-4-13(14)10-19/h2-5,17H,6-12,16H2,1H3. The summed E-state index contributed by atoms with van der Waals surface area (Å²) < 4.78 is 0. The van der Waals surface area contributed by atoms with E-state index in [1.165, 1.54) is 10.5 Å². The van der Waals surface area contributed by atoms with Crippen LogP contribution in [-0.4, -0.2) is 48.0 Å². The van der Waals surface area contributed by atoms with Gasteiger partial charge in [0.25, 0.3) is 0 Å². The highest BCUT2D eigenvalue weighted by atomic mass is 32.2. The lowest BCUT2D eigenvalue weighted by Crippen LogP contribution is -2.48. The van der Waals surface area contributed by atoms with E-state index in [1.807, 2.05) is 11.8 Å². The van der Waals surface area contributed by atoms with Crippen molar-refractivity contribution in [3.05, 3.63) is 29.8 Å². The second kappa shape index (κ2) is 6.03. The molecule has 1 heterocycles. The molecule has 1 aliphatic carbocycles. The Hall–Kier alpha value is -0.590. The fourth-order valence-corrected chi connectivity index (χ4v) is 3.54. The summed E-state index contributed by atoms with van der Waals surface area (Å²) in [5.74, 6) is 1.16. The number of thioether (sulfide) groups is 1. The van der Waals surface area contributed by atoms with Gasteiger partial charge in [0.1, 0.15) is 0 Å². The van der Waals surface area contributed by atoms with Gasteiger partial charge >= 0.3 is 0 Å². The molecule has 0 radical (unpaired) electrons. The summed E-state index contributed by atoms with van der Waals surface area (Å²) in [7, 11) is 2.11. The van der Waals surface area contributed by atoms with Crippen molar-refractivity contribution in [2.75, 3.05) is 32.6 Å². The van der Waals surface area contributed by atoms with E-state index in [4.69, 9.17) is 5.73 Å². The smallest absolute Gasteiger partial charge is 0.0645 e. The summed E-state index contributed by atoms with van der Waals surface area (Å²) >= 11 is 1.97. The molecule has 0 atom stereocenters. The van der Waals surface area contributed by atoms with Crippen molar-refractivity contribution in [1.29, 1.82) is 0 Å². The van der Waals surface area contributed by atoms with Crippen LogP contribution < -0.4 is 11.2 Å². The molecule has 20 heavy (non-hydrogen) atoms. The Bertz CT molecular complexity index is 461. The Morgan fingerprint density at radius 3 is 3.00 bits per heavy atom. The van der Waals surface area contributed by atoms with Gasteiger partial charge in [0.15, 0.2) is 0 Å². The average molecular weight is 292 g/mol. The number of benzene rings is 1. The molecule has 0 unspecified atom stereocenters. The zero-order valence-electron chi connectivity index (χ0n) is 12.1. The van der Waals surface area contributed by atoms with Crippen molar-refractivity contribution in [2.24, 2.45) is 5.73 Å². The van der Waals surface area contributed by atoms with Crippen LogP contribution in [0.5, 0.6) is 0 Å². The minimum Gasteiger partial charge on any atom is -0.324 e. The van der Waals surface area contributed by atoms with Crippen molar-refractivity contribution in [2.45, 2.75) is 29.8 Å². The Labute approximate surface area is 125 Å². The molecule has 1 aliphatic heterocycles. The van der Waals surface area contributed by atoms with Crippen LogP contribution in [0.1, 0.15) is 18.4 Å². The zero-order valence-corrected chi connectivity index (χ0v) is 13.0. The van der Waals surface area contributed by atoms with E-state index in [2.05, 4.69) is 46.6 Å². The highest BCUT2D eigenvalue weighted by molar-refractivity contribution is 7.99. The van der Waals surface area contributed by atoms with Gasteiger partial charge in [-0.2, -0.15) is 0 Å². The van der Waals surface area contributed by atoms with E-state index in [-0.39, 0.29) is 5.54 Å². The lowest BCUT2D eigenvalue weighted by atomic mass is 10.2. The molecule has 0 aromatic heterocycles. The first-order chi connectivity index (χ1) is 9.65. The lowest BCUT2D eigenvalue weighted by molar-refractivity contribution is 0.108. The minimum absolute atomic E-state index is 0.0650. The van der Waals surface area contributed by atoms with Crippen molar-refractivity contribution in [3.63, 3.8) is 0 Å². The Morgan fingerprint density at radius 1 is 1.40 bits per heavy atom. The van der Waals surface area contributed by atoms with Gasteiger partial charge in [-0.05, 0) is 24.5 Å². The minimum atomic E-state index is 0.0650. The van der Waals surface area contributed by atoms with Gasteiger partial charge in [-0.15, -0.1) is 11.8 Å². The monoisotopic (exact) mass is 292 g/mol. The normalized spacial score (nSPS) is 21.6. The maximum atomic E-state index is 6.11. The number of hydrazine groups is 1. The summed E-state index contributed by atoms with van der Waals surface area (Å²) in [6, 6.07) is 8.74. The third kappa shape index (κ3) is 3.74. The molecular formula is C15H24N4S. The molecular weight excluding hydrogens is 268 g/mol. The molecule has 5 heteroatoms. The second-order valence-corrected chi connectivity index (χ2v) is 7.18. The zero-order chi connectivity index (χ0) is 14.0. The third-order valence-corrected chi connectivity index (χ3v) is 5.13. The topological polar surface area (TPSA) is 44.5 Å². The van der Waals surface area contributed by atoms with Gasteiger partial charge in [0.2, 0.25) is 0 Å². The Kier molecular flexibility index (Phi) is 4.33. The molecule has 0 bridgehead atoms. The van der Waals surface area contributed by atoms with Gasteiger partial charge in [-0.3, -0.25) is 10.3 Å². The molecule has 3 N–H and O–H groups in total.